The summed E-state index contributed by atoms with van der Waals surface area (Å²) in [5.74, 6) is -0.323. The Balaban J connectivity index is 3.49. The van der Waals surface area contributed by atoms with E-state index in [2.05, 4.69) is 43.5 Å². The van der Waals surface area contributed by atoms with E-state index in [1.165, 1.54) is 302 Å². The number of hydrogen-bond acceptors (Lipinski definition) is 4. The van der Waals surface area contributed by atoms with Crippen molar-refractivity contribution in [1.82, 2.24) is 5.32 Å². The summed E-state index contributed by atoms with van der Waals surface area (Å²) in [5, 5.41) is 33.5. The maximum atomic E-state index is 12.6. The van der Waals surface area contributed by atoms with Crippen molar-refractivity contribution in [2.24, 2.45) is 0 Å². The Bertz CT molecular complexity index is 1130. The molecule has 0 spiro atoms. The molecule has 0 aliphatic rings. The van der Waals surface area contributed by atoms with Gasteiger partial charge in [0.15, 0.2) is 0 Å². The van der Waals surface area contributed by atoms with Crippen LogP contribution in [-0.2, 0) is 4.79 Å². The molecule has 432 valence electrons. The average molecular weight is 1030 g/mol. The third-order valence-electron chi connectivity index (χ3n) is 15.7. The summed E-state index contributed by atoms with van der Waals surface area (Å²) in [7, 11) is 0. The molecule has 5 heteroatoms. The number of amides is 1. The maximum Gasteiger partial charge on any atom is 0.222 e. The number of carbonyl (C=O) groups excluding carboxylic acids is 1. The van der Waals surface area contributed by atoms with Crippen LogP contribution in [-0.4, -0.2) is 46.1 Å². The Morgan fingerprint density at radius 1 is 0.342 bits per heavy atom. The van der Waals surface area contributed by atoms with E-state index < -0.39 is 18.2 Å². The molecule has 0 heterocycles. The Morgan fingerprint density at radius 3 is 0.877 bits per heavy atom. The van der Waals surface area contributed by atoms with Crippen LogP contribution in [0.4, 0.5) is 0 Å². The Hall–Kier alpha value is -1.43. The molecule has 0 bridgehead atoms. The number of allylic oxidation sites excluding steroid dienone is 5. The van der Waals surface area contributed by atoms with Crippen LogP contribution in [0.25, 0.3) is 0 Å². The van der Waals surface area contributed by atoms with Crippen LogP contribution >= 0.6 is 0 Å². The normalized spacial score (nSPS) is 13.3. The first-order chi connectivity index (χ1) is 36.0. The minimum atomic E-state index is -0.960. The molecule has 0 radical (unpaired) electrons. The number of carbonyl (C=O) groups is 1. The van der Waals surface area contributed by atoms with Gasteiger partial charge in [-0.3, -0.25) is 4.79 Å². The average Bonchev–Trinajstić information content (AvgIpc) is 3.39. The molecule has 0 fully saturated rings. The number of aliphatic hydroxyl groups is 3. The van der Waals surface area contributed by atoms with Crippen molar-refractivity contribution in [2.45, 2.75) is 385 Å². The van der Waals surface area contributed by atoms with Crippen LogP contribution in [0.15, 0.2) is 36.5 Å². The zero-order valence-corrected chi connectivity index (χ0v) is 49.5. The topological polar surface area (TPSA) is 89.8 Å². The van der Waals surface area contributed by atoms with E-state index in [0.717, 1.165) is 38.5 Å². The summed E-state index contributed by atoms with van der Waals surface area (Å²) < 4.78 is 0. The third kappa shape index (κ3) is 59.7. The first kappa shape index (κ1) is 71.6. The van der Waals surface area contributed by atoms with Crippen LogP contribution in [0.3, 0.4) is 0 Å². The summed E-state index contributed by atoms with van der Waals surface area (Å²) in [6, 6.07) is -0.768. The molecule has 0 aliphatic heterocycles. The van der Waals surface area contributed by atoms with Gasteiger partial charge in [0.25, 0.3) is 0 Å². The zero-order chi connectivity index (χ0) is 52.9. The largest absolute Gasteiger partial charge is 0.394 e. The van der Waals surface area contributed by atoms with Gasteiger partial charge in [-0.15, -0.1) is 0 Å². The summed E-state index contributed by atoms with van der Waals surface area (Å²) in [6.07, 6.45) is 84.0. The van der Waals surface area contributed by atoms with Crippen molar-refractivity contribution in [3.05, 3.63) is 36.5 Å². The van der Waals surface area contributed by atoms with E-state index in [-0.39, 0.29) is 18.9 Å². The highest BCUT2D eigenvalue weighted by Gasteiger charge is 2.20. The lowest BCUT2D eigenvalue weighted by molar-refractivity contribution is -0.124. The van der Waals surface area contributed by atoms with E-state index >= 15 is 0 Å². The number of aliphatic hydroxyl groups excluding tert-OH is 3. The predicted molar refractivity (Wildman–Crippen MR) is 324 cm³/mol. The SMILES string of the molecule is CCCCCCCCCCCCC/C=C/CC/C=C/CC/C=C/C(O)C(CO)NC(=O)CC(O)CCCCCCCCCCCCCCCCCCCCCCCCCCCCCCCCCCCCCCC. The van der Waals surface area contributed by atoms with E-state index in [0.29, 0.717) is 6.42 Å². The minimum Gasteiger partial charge on any atom is -0.394 e. The highest BCUT2D eigenvalue weighted by molar-refractivity contribution is 5.76. The number of rotatable bonds is 62. The predicted octanol–water partition coefficient (Wildman–Crippen LogP) is 21.3. The third-order valence-corrected chi connectivity index (χ3v) is 15.7. The van der Waals surface area contributed by atoms with Gasteiger partial charge in [-0.2, -0.15) is 0 Å². The van der Waals surface area contributed by atoms with E-state index in [9.17, 15) is 20.1 Å². The lowest BCUT2D eigenvalue weighted by Crippen LogP contribution is -2.45. The molecule has 0 aromatic heterocycles. The van der Waals surface area contributed by atoms with Crippen LogP contribution in [0.1, 0.15) is 367 Å². The summed E-state index contributed by atoms with van der Waals surface area (Å²) >= 11 is 0. The fourth-order valence-electron chi connectivity index (χ4n) is 10.6. The van der Waals surface area contributed by atoms with Crippen molar-refractivity contribution in [3.8, 4) is 0 Å². The molecule has 0 aromatic carbocycles. The van der Waals surface area contributed by atoms with Crippen LogP contribution in [0.2, 0.25) is 0 Å². The van der Waals surface area contributed by atoms with Crippen LogP contribution < -0.4 is 5.32 Å². The Kier molecular flexibility index (Phi) is 61.9. The molecule has 4 N–H and O–H groups in total. The van der Waals surface area contributed by atoms with Gasteiger partial charge in [0.1, 0.15) is 0 Å². The quantitative estimate of drug-likeness (QED) is 0.0361. The number of hydrogen-bond donors (Lipinski definition) is 4. The molecule has 0 rings (SSSR count). The molecular weight excluding hydrogens is 895 g/mol. The summed E-state index contributed by atoms with van der Waals surface area (Å²) in [4.78, 5) is 12.6. The van der Waals surface area contributed by atoms with E-state index in [1.807, 2.05) is 6.08 Å². The van der Waals surface area contributed by atoms with Gasteiger partial charge in [0.05, 0.1) is 31.3 Å². The molecule has 0 aliphatic carbocycles. The molecule has 0 saturated carbocycles. The first-order valence-electron chi connectivity index (χ1n) is 33.3. The molecule has 3 atom stereocenters. The van der Waals surface area contributed by atoms with Crippen molar-refractivity contribution < 1.29 is 20.1 Å². The maximum absolute atomic E-state index is 12.6. The molecule has 3 unspecified atom stereocenters. The van der Waals surface area contributed by atoms with Crippen molar-refractivity contribution in [2.75, 3.05) is 6.61 Å². The van der Waals surface area contributed by atoms with Crippen molar-refractivity contribution in [1.29, 1.82) is 0 Å². The van der Waals surface area contributed by atoms with Gasteiger partial charge in [-0.1, -0.05) is 352 Å². The van der Waals surface area contributed by atoms with Gasteiger partial charge >= 0.3 is 0 Å². The summed E-state index contributed by atoms with van der Waals surface area (Å²) in [5.41, 5.74) is 0. The van der Waals surface area contributed by atoms with Crippen LogP contribution in [0, 0.1) is 0 Å². The number of nitrogens with one attached hydrogen (secondary N) is 1. The van der Waals surface area contributed by atoms with E-state index in [4.69, 9.17) is 0 Å². The Labute approximate surface area is 457 Å². The monoisotopic (exact) mass is 1030 g/mol. The summed E-state index contributed by atoms with van der Waals surface area (Å²) in [6.45, 7) is 4.24. The molecule has 1 amide bonds. The Morgan fingerprint density at radius 2 is 0.589 bits per heavy atom. The van der Waals surface area contributed by atoms with Crippen LogP contribution in [0.5, 0.6) is 0 Å². The fourth-order valence-corrected chi connectivity index (χ4v) is 10.6. The standard InChI is InChI=1S/C68H131NO4/c1-3-5-7-9-11-13-15-17-19-21-23-25-26-27-28-29-30-31-32-33-34-35-36-37-38-39-40-42-43-45-47-49-51-53-55-57-59-61-65(71)63-68(73)69-66(64-70)67(72)62-60-58-56-54-52-50-48-46-44-41-24-22-20-18-16-14-12-10-8-6-4-2/h44,46,52,54,60,62,65-67,70-72H,3-43,45,47-51,53,55-59,61,63-64H2,1-2H3,(H,69,73)/b46-44+,54-52+,62-60+. The molecule has 0 aromatic rings. The van der Waals surface area contributed by atoms with Gasteiger partial charge in [-0.05, 0) is 44.9 Å². The second kappa shape index (κ2) is 63.1. The number of unbranched alkanes of at least 4 members (excludes halogenated alkanes) is 49. The smallest absolute Gasteiger partial charge is 0.222 e. The highest BCUT2D eigenvalue weighted by Crippen LogP contribution is 2.19. The lowest BCUT2D eigenvalue weighted by Gasteiger charge is -2.21. The van der Waals surface area contributed by atoms with Crippen molar-refractivity contribution >= 4 is 5.91 Å². The molecular formula is C68H131NO4. The fraction of sp³-hybridized carbons (Fsp3) is 0.897. The second-order valence-electron chi connectivity index (χ2n) is 23.1. The van der Waals surface area contributed by atoms with Gasteiger partial charge in [0.2, 0.25) is 5.91 Å². The van der Waals surface area contributed by atoms with Crippen molar-refractivity contribution in [3.63, 3.8) is 0 Å². The van der Waals surface area contributed by atoms with Gasteiger partial charge in [-0.25, -0.2) is 0 Å². The van der Waals surface area contributed by atoms with Gasteiger partial charge < -0.3 is 20.6 Å². The van der Waals surface area contributed by atoms with E-state index in [1.54, 1.807) is 6.08 Å². The van der Waals surface area contributed by atoms with Gasteiger partial charge in [0, 0.05) is 0 Å². The first-order valence-corrected chi connectivity index (χ1v) is 33.3. The second-order valence-corrected chi connectivity index (χ2v) is 23.1. The highest BCUT2D eigenvalue weighted by atomic mass is 16.3. The molecule has 73 heavy (non-hydrogen) atoms. The molecule has 0 saturated heterocycles. The minimum absolute atomic E-state index is 0.00593. The zero-order valence-electron chi connectivity index (χ0n) is 49.5. The lowest BCUT2D eigenvalue weighted by atomic mass is 10.0. The molecule has 5 nitrogen and oxygen atoms in total.